The first kappa shape index (κ1) is 15.4. The average molecular weight is 325 g/mol. The minimum absolute atomic E-state index is 0. The number of benzene rings is 1. The summed E-state index contributed by atoms with van der Waals surface area (Å²) in [5.74, 6) is 2.13. The van der Waals surface area contributed by atoms with Crippen molar-refractivity contribution < 1.29 is 14.3 Å². The van der Waals surface area contributed by atoms with Crippen molar-refractivity contribution >= 4 is 18.3 Å². The van der Waals surface area contributed by atoms with Gasteiger partial charge < -0.3 is 19.7 Å². The molecule has 2 fully saturated rings. The highest BCUT2D eigenvalue weighted by Crippen LogP contribution is 2.31. The van der Waals surface area contributed by atoms with Gasteiger partial charge in [0.05, 0.1) is 0 Å². The summed E-state index contributed by atoms with van der Waals surface area (Å²) in [4.78, 5) is 14.9. The lowest BCUT2D eigenvalue weighted by atomic mass is 9.96. The van der Waals surface area contributed by atoms with Crippen molar-refractivity contribution in [1.29, 1.82) is 0 Å². The molecule has 3 aliphatic heterocycles. The Labute approximate surface area is 136 Å². The Hall–Kier alpha value is -1.46. The van der Waals surface area contributed by atoms with Crippen LogP contribution in [0.25, 0.3) is 0 Å². The summed E-state index contributed by atoms with van der Waals surface area (Å²) in [7, 11) is 0. The van der Waals surface area contributed by atoms with Gasteiger partial charge in [-0.15, -0.1) is 12.4 Å². The molecule has 1 N–H and O–H groups in total. The molecule has 22 heavy (non-hydrogen) atoms. The quantitative estimate of drug-likeness (QED) is 0.899. The molecule has 3 heterocycles. The number of hydrogen-bond donors (Lipinski definition) is 1. The van der Waals surface area contributed by atoms with Crippen molar-refractivity contribution in [3.63, 3.8) is 0 Å². The number of hydrogen-bond acceptors (Lipinski definition) is 4. The highest BCUT2D eigenvalue weighted by molar-refractivity contribution is 5.95. The summed E-state index contributed by atoms with van der Waals surface area (Å²) in [6, 6.07) is 5.67. The van der Waals surface area contributed by atoms with E-state index in [9.17, 15) is 4.79 Å². The van der Waals surface area contributed by atoms with Crippen LogP contribution in [0.5, 0.6) is 11.5 Å². The number of fused-ring (bicyclic) bond motifs is 3. The van der Waals surface area contributed by atoms with E-state index in [1.54, 1.807) is 12.1 Å². The van der Waals surface area contributed by atoms with E-state index in [4.69, 9.17) is 9.47 Å². The van der Waals surface area contributed by atoms with Crippen molar-refractivity contribution in [3.05, 3.63) is 23.8 Å². The number of nitrogens with one attached hydrogen (secondary N) is 1. The minimum atomic E-state index is -0.0144. The Morgan fingerprint density at radius 3 is 2.82 bits per heavy atom. The van der Waals surface area contributed by atoms with E-state index >= 15 is 0 Å². The zero-order valence-corrected chi connectivity index (χ0v) is 13.2. The van der Waals surface area contributed by atoms with E-state index in [1.165, 1.54) is 19.5 Å². The SMILES string of the molecule is Cl.O=C(N[C@@H]1C[C@H]2CCN(C2)C1)c1ccc2c(c1)OCCO2. The molecule has 4 rings (SSSR count). The van der Waals surface area contributed by atoms with Crippen molar-refractivity contribution in [2.24, 2.45) is 5.92 Å². The number of carbonyl (C=O) groups excluding carboxylic acids is 1. The molecule has 1 unspecified atom stereocenters. The second-order valence-corrected chi connectivity index (χ2v) is 6.18. The molecule has 0 aliphatic carbocycles. The topological polar surface area (TPSA) is 50.8 Å². The van der Waals surface area contributed by atoms with Gasteiger partial charge in [0, 0.05) is 24.7 Å². The number of ether oxygens (including phenoxy) is 2. The van der Waals surface area contributed by atoms with Crippen LogP contribution in [-0.4, -0.2) is 49.7 Å². The number of piperidine rings is 1. The Kier molecular flexibility index (Phi) is 4.45. The molecule has 2 bridgehead atoms. The van der Waals surface area contributed by atoms with Crippen molar-refractivity contribution in [2.45, 2.75) is 18.9 Å². The van der Waals surface area contributed by atoms with Crippen molar-refractivity contribution in [3.8, 4) is 11.5 Å². The normalized spacial score (nSPS) is 28.6. The van der Waals surface area contributed by atoms with E-state index in [2.05, 4.69) is 10.2 Å². The molecule has 1 aromatic carbocycles. The molecule has 0 radical (unpaired) electrons. The molecule has 120 valence electrons. The fourth-order valence-corrected chi connectivity index (χ4v) is 3.62. The van der Waals surface area contributed by atoms with E-state index in [0.717, 1.165) is 24.6 Å². The predicted molar refractivity (Wildman–Crippen MR) is 85.1 cm³/mol. The summed E-state index contributed by atoms with van der Waals surface area (Å²) < 4.78 is 11.0. The maximum absolute atomic E-state index is 12.4. The number of nitrogens with zero attached hydrogens (tertiary/aromatic N) is 1. The van der Waals surface area contributed by atoms with Crippen LogP contribution in [0.3, 0.4) is 0 Å². The second-order valence-electron chi connectivity index (χ2n) is 6.18. The lowest BCUT2D eigenvalue weighted by Crippen LogP contribution is -2.47. The van der Waals surface area contributed by atoms with Gasteiger partial charge in [-0.25, -0.2) is 0 Å². The Balaban J connectivity index is 0.00000144. The van der Waals surface area contributed by atoms with Gasteiger partial charge >= 0.3 is 0 Å². The summed E-state index contributed by atoms with van der Waals surface area (Å²) in [5, 5.41) is 3.17. The zero-order valence-electron chi connectivity index (χ0n) is 12.4. The monoisotopic (exact) mass is 324 g/mol. The van der Waals surface area contributed by atoms with Gasteiger partial charge in [-0.05, 0) is 43.5 Å². The van der Waals surface area contributed by atoms with Gasteiger partial charge in [0.25, 0.3) is 5.91 Å². The van der Waals surface area contributed by atoms with Crippen LogP contribution < -0.4 is 14.8 Å². The zero-order chi connectivity index (χ0) is 14.2. The molecule has 1 amide bonds. The lowest BCUT2D eigenvalue weighted by Gasteiger charge is -2.30. The summed E-state index contributed by atoms with van der Waals surface area (Å²) >= 11 is 0. The van der Waals surface area contributed by atoms with Crippen LogP contribution in [0.4, 0.5) is 0 Å². The van der Waals surface area contributed by atoms with Gasteiger partial charge in [-0.3, -0.25) is 4.79 Å². The maximum Gasteiger partial charge on any atom is 0.251 e. The largest absolute Gasteiger partial charge is 0.486 e. The molecular weight excluding hydrogens is 304 g/mol. The highest BCUT2D eigenvalue weighted by Gasteiger charge is 2.33. The van der Waals surface area contributed by atoms with Crippen LogP contribution in [0.2, 0.25) is 0 Å². The summed E-state index contributed by atoms with van der Waals surface area (Å²) in [6.07, 6.45) is 2.38. The van der Waals surface area contributed by atoms with Crippen LogP contribution in [-0.2, 0) is 0 Å². The van der Waals surface area contributed by atoms with Crippen LogP contribution in [0, 0.1) is 5.92 Å². The molecule has 2 saturated heterocycles. The van der Waals surface area contributed by atoms with E-state index in [0.29, 0.717) is 24.5 Å². The van der Waals surface area contributed by atoms with Crippen molar-refractivity contribution in [1.82, 2.24) is 10.2 Å². The number of rotatable bonds is 2. The Morgan fingerprint density at radius 1 is 1.18 bits per heavy atom. The molecule has 6 heteroatoms. The average Bonchev–Trinajstić information content (AvgIpc) is 2.85. The second kappa shape index (κ2) is 6.34. The predicted octanol–water partition coefficient (Wildman–Crippen LogP) is 1.70. The molecule has 3 aliphatic rings. The van der Waals surface area contributed by atoms with Gasteiger partial charge in [0.2, 0.25) is 0 Å². The standard InChI is InChI=1S/C16H20N2O3.ClH/c19-16(17-13-7-11-3-4-18(9-11)10-13)12-1-2-14-15(8-12)21-6-5-20-14;/h1-2,8,11,13H,3-7,9-10H2,(H,17,19);1H/t11-,13-;/m1./s1. The summed E-state index contributed by atoms with van der Waals surface area (Å²) in [5.41, 5.74) is 0.646. The van der Waals surface area contributed by atoms with Gasteiger partial charge in [0.15, 0.2) is 11.5 Å². The number of halogens is 1. The Morgan fingerprint density at radius 2 is 2.00 bits per heavy atom. The third-order valence-electron chi connectivity index (χ3n) is 4.61. The lowest BCUT2D eigenvalue weighted by molar-refractivity contribution is 0.0908. The maximum atomic E-state index is 12.4. The van der Waals surface area contributed by atoms with Gasteiger partial charge in [-0.1, -0.05) is 0 Å². The van der Waals surface area contributed by atoms with E-state index in [-0.39, 0.29) is 24.4 Å². The number of carbonyl (C=O) groups is 1. The molecule has 0 spiro atoms. The third kappa shape index (κ3) is 3.01. The smallest absolute Gasteiger partial charge is 0.251 e. The first-order valence-corrected chi connectivity index (χ1v) is 7.71. The van der Waals surface area contributed by atoms with E-state index in [1.807, 2.05) is 6.07 Å². The summed E-state index contributed by atoms with van der Waals surface area (Å²) in [6.45, 7) is 4.47. The fourth-order valence-electron chi connectivity index (χ4n) is 3.62. The van der Waals surface area contributed by atoms with Crippen LogP contribution >= 0.6 is 12.4 Å². The van der Waals surface area contributed by atoms with Gasteiger partial charge in [0.1, 0.15) is 13.2 Å². The van der Waals surface area contributed by atoms with Crippen LogP contribution in [0.1, 0.15) is 23.2 Å². The molecule has 3 atom stereocenters. The molecular formula is C16H21ClN2O3. The molecule has 5 nitrogen and oxygen atoms in total. The first-order chi connectivity index (χ1) is 10.3. The van der Waals surface area contributed by atoms with Crippen LogP contribution in [0.15, 0.2) is 18.2 Å². The Bertz CT molecular complexity index is 554. The highest BCUT2D eigenvalue weighted by atomic mass is 35.5. The fraction of sp³-hybridized carbons (Fsp3) is 0.562. The van der Waals surface area contributed by atoms with E-state index < -0.39 is 0 Å². The number of amides is 1. The first-order valence-electron chi connectivity index (χ1n) is 7.71. The molecule has 0 saturated carbocycles. The third-order valence-corrected chi connectivity index (χ3v) is 4.61. The molecule has 0 aromatic heterocycles. The van der Waals surface area contributed by atoms with Crippen molar-refractivity contribution in [2.75, 3.05) is 32.8 Å². The molecule has 1 aromatic rings. The van der Waals surface area contributed by atoms with Gasteiger partial charge in [-0.2, -0.15) is 0 Å². The minimum Gasteiger partial charge on any atom is -0.486 e.